The van der Waals surface area contributed by atoms with Gasteiger partial charge in [-0.3, -0.25) is 9.67 Å². The molecule has 0 saturated carbocycles. The summed E-state index contributed by atoms with van der Waals surface area (Å²) in [6, 6.07) is 10.3. The van der Waals surface area contributed by atoms with E-state index in [1.165, 1.54) is 11.1 Å². The van der Waals surface area contributed by atoms with Gasteiger partial charge >= 0.3 is 0 Å². The topological polar surface area (TPSA) is 70.4 Å². The van der Waals surface area contributed by atoms with Crippen molar-refractivity contribution in [3.63, 3.8) is 0 Å². The van der Waals surface area contributed by atoms with E-state index in [1.54, 1.807) is 24.6 Å². The van der Waals surface area contributed by atoms with E-state index in [0.717, 1.165) is 23.3 Å². The van der Waals surface area contributed by atoms with Crippen LogP contribution in [0.15, 0.2) is 53.1 Å². The molecule has 0 aliphatic rings. The quantitative estimate of drug-likeness (QED) is 0.290. The molecule has 0 amide bonds. The molecule has 0 unspecified atom stereocenters. The molecule has 0 aliphatic heterocycles. The highest BCUT2D eigenvalue weighted by Gasteiger charge is 2.07. The molecule has 2 N–H and O–H groups in total. The van der Waals surface area contributed by atoms with Crippen LogP contribution in [0.2, 0.25) is 0 Å². The molecule has 0 fully saturated rings. The van der Waals surface area contributed by atoms with E-state index in [2.05, 4.69) is 55.4 Å². The highest BCUT2D eigenvalue weighted by molar-refractivity contribution is 14.0. The van der Waals surface area contributed by atoms with Crippen LogP contribution in [0.1, 0.15) is 16.8 Å². The third kappa shape index (κ3) is 6.20. The van der Waals surface area contributed by atoms with Crippen molar-refractivity contribution >= 4 is 46.4 Å². The Morgan fingerprint density at radius 3 is 2.54 bits per heavy atom. The smallest absolute Gasteiger partial charge is 0.191 e. The molecule has 9 heteroatoms. The standard InChI is InChI=1S/C19H25N7S.HI/c1-20-18(22-12-17-14-27-19(24-17)25(2)3)21-11-15-7-4-5-8-16(15)13-26-10-6-9-23-26;/h4-10,14H,11-13H2,1-3H3,(H2,20,21,22);1H. The average molecular weight is 511 g/mol. The molecule has 2 heterocycles. The molecule has 1 aromatic carbocycles. The molecule has 3 rings (SSSR count). The molecular formula is C19H26IN7S. The van der Waals surface area contributed by atoms with Gasteiger partial charge in [-0.25, -0.2) is 4.98 Å². The normalized spacial score (nSPS) is 11.0. The van der Waals surface area contributed by atoms with Crippen LogP contribution in [0.5, 0.6) is 0 Å². The molecule has 150 valence electrons. The maximum absolute atomic E-state index is 4.58. The summed E-state index contributed by atoms with van der Waals surface area (Å²) in [6.07, 6.45) is 3.77. The summed E-state index contributed by atoms with van der Waals surface area (Å²) in [4.78, 5) is 10.9. The summed E-state index contributed by atoms with van der Waals surface area (Å²) in [5, 5.41) is 14.1. The number of guanidine groups is 1. The van der Waals surface area contributed by atoms with Crippen molar-refractivity contribution < 1.29 is 0 Å². The third-order valence-electron chi connectivity index (χ3n) is 4.04. The second-order valence-corrected chi connectivity index (χ2v) is 7.10. The van der Waals surface area contributed by atoms with E-state index in [4.69, 9.17) is 0 Å². The second-order valence-electron chi connectivity index (χ2n) is 6.27. The van der Waals surface area contributed by atoms with Crippen LogP contribution in [0.3, 0.4) is 0 Å². The van der Waals surface area contributed by atoms with Gasteiger partial charge in [-0.2, -0.15) is 5.10 Å². The first-order valence-electron chi connectivity index (χ1n) is 8.76. The van der Waals surface area contributed by atoms with Crippen LogP contribution in [0.4, 0.5) is 5.13 Å². The van der Waals surface area contributed by atoms with Crippen LogP contribution in [-0.4, -0.2) is 41.9 Å². The van der Waals surface area contributed by atoms with Crippen LogP contribution < -0.4 is 15.5 Å². The minimum Gasteiger partial charge on any atom is -0.354 e. The lowest BCUT2D eigenvalue weighted by Crippen LogP contribution is -2.36. The third-order valence-corrected chi connectivity index (χ3v) is 5.10. The predicted molar refractivity (Wildman–Crippen MR) is 127 cm³/mol. The summed E-state index contributed by atoms with van der Waals surface area (Å²) >= 11 is 1.64. The Balaban J connectivity index is 0.00000280. The number of nitrogens with one attached hydrogen (secondary N) is 2. The van der Waals surface area contributed by atoms with Crippen molar-refractivity contribution in [1.82, 2.24) is 25.4 Å². The molecule has 0 radical (unpaired) electrons. The van der Waals surface area contributed by atoms with Gasteiger partial charge in [0.25, 0.3) is 0 Å². The Morgan fingerprint density at radius 2 is 1.89 bits per heavy atom. The van der Waals surface area contributed by atoms with Gasteiger partial charge in [0, 0.05) is 45.5 Å². The van der Waals surface area contributed by atoms with Crippen molar-refractivity contribution in [3.8, 4) is 0 Å². The largest absolute Gasteiger partial charge is 0.354 e. The Labute approximate surface area is 186 Å². The Bertz CT molecular complexity index is 874. The van der Waals surface area contributed by atoms with Crippen molar-refractivity contribution in [3.05, 3.63) is 64.9 Å². The van der Waals surface area contributed by atoms with E-state index < -0.39 is 0 Å². The monoisotopic (exact) mass is 511 g/mol. The minimum atomic E-state index is 0. The van der Waals surface area contributed by atoms with Crippen molar-refractivity contribution in [2.24, 2.45) is 4.99 Å². The summed E-state index contributed by atoms with van der Waals surface area (Å²) in [5.74, 6) is 0.753. The van der Waals surface area contributed by atoms with Crippen LogP contribution in [0, 0.1) is 0 Å². The van der Waals surface area contributed by atoms with E-state index in [-0.39, 0.29) is 24.0 Å². The lowest BCUT2D eigenvalue weighted by atomic mass is 10.1. The molecule has 28 heavy (non-hydrogen) atoms. The van der Waals surface area contributed by atoms with E-state index in [0.29, 0.717) is 13.1 Å². The number of hydrogen-bond acceptors (Lipinski definition) is 5. The van der Waals surface area contributed by atoms with E-state index in [9.17, 15) is 0 Å². The first-order valence-corrected chi connectivity index (χ1v) is 9.64. The van der Waals surface area contributed by atoms with Gasteiger partial charge in [-0.05, 0) is 17.2 Å². The number of anilines is 1. The fraction of sp³-hybridized carbons (Fsp3) is 0.316. The molecule has 0 saturated heterocycles. The minimum absolute atomic E-state index is 0. The molecule has 0 bridgehead atoms. The number of rotatable bonds is 7. The highest BCUT2D eigenvalue weighted by Crippen LogP contribution is 2.17. The highest BCUT2D eigenvalue weighted by atomic mass is 127. The first-order chi connectivity index (χ1) is 13.2. The van der Waals surface area contributed by atoms with Crippen molar-refractivity contribution in [2.45, 2.75) is 19.6 Å². The van der Waals surface area contributed by atoms with Gasteiger partial charge < -0.3 is 15.5 Å². The molecule has 0 spiro atoms. The van der Waals surface area contributed by atoms with Crippen LogP contribution in [0.25, 0.3) is 0 Å². The molecule has 3 aromatic rings. The van der Waals surface area contributed by atoms with Gasteiger partial charge in [-0.15, -0.1) is 35.3 Å². The van der Waals surface area contributed by atoms with Gasteiger partial charge in [0.2, 0.25) is 0 Å². The molecule has 7 nitrogen and oxygen atoms in total. The Morgan fingerprint density at radius 1 is 1.14 bits per heavy atom. The van der Waals surface area contributed by atoms with Crippen molar-refractivity contribution in [2.75, 3.05) is 26.0 Å². The number of benzene rings is 1. The van der Waals surface area contributed by atoms with Crippen LogP contribution in [-0.2, 0) is 19.6 Å². The average Bonchev–Trinajstić information content (AvgIpc) is 3.35. The predicted octanol–water partition coefficient (Wildman–Crippen LogP) is 2.94. The number of halogens is 1. The fourth-order valence-corrected chi connectivity index (χ4v) is 3.37. The maximum atomic E-state index is 4.58. The Kier molecular flexibility index (Phi) is 8.71. The lowest BCUT2D eigenvalue weighted by Gasteiger charge is -2.14. The maximum Gasteiger partial charge on any atom is 0.191 e. The van der Waals surface area contributed by atoms with Crippen molar-refractivity contribution in [1.29, 1.82) is 0 Å². The Hall–Kier alpha value is -2.14. The molecule has 0 atom stereocenters. The number of aromatic nitrogens is 3. The summed E-state index contributed by atoms with van der Waals surface area (Å²) < 4.78 is 1.93. The number of aliphatic imine (C=N–C) groups is 1. The number of thiazole rings is 1. The van der Waals surface area contributed by atoms with Crippen LogP contribution >= 0.6 is 35.3 Å². The van der Waals surface area contributed by atoms with Gasteiger partial charge in [0.05, 0.1) is 18.8 Å². The van der Waals surface area contributed by atoms with Gasteiger partial charge in [0.15, 0.2) is 11.1 Å². The van der Waals surface area contributed by atoms with E-state index in [1.807, 2.05) is 35.9 Å². The SMILES string of the molecule is CN=C(NCc1csc(N(C)C)n1)NCc1ccccc1Cn1cccn1.I. The zero-order valence-electron chi connectivity index (χ0n) is 16.3. The molecule has 0 aliphatic carbocycles. The first kappa shape index (κ1) is 22.2. The van der Waals surface area contributed by atoms with E-state index >= 15 is 0 Å². The summed E-state index contributed by atoms with van der Waals surface area (Å²) in [6.45, 7) is 2.08. The summed E-state index contributed by atoms with van der Waals surface area (Å²) in [5.41, 5.74) is 3.46. The zero-order valence-corrected chi connectivity index (χ0v) is 19.4. The number of hydrogen-bond donors (Lipinski definition) is 2. The number of nitrogens with zero attached hydrogens (tertiary/aromatic N) is 5. The second kappa shape index (κ2) is 11.0. The molecule has 2 aromatic heterocycles. The summed E-state index contributed by atoms with van der Waals surface area (Å²) in [7, 11) is 5.77. The fourth-order valence-electron chi connectivity index (χ4n) is 2.61. The lowest BCUT2D eigenvalue weighted by molar-refractivity contribution is 0.677. The zero-order chi connectivity index (χ0) is 19.1. The van der Waals surface area contributed by atoms with Gasteiger partial charge in [0.1, 0.15) is 0 Å². The molecular weight excluding hydrogens is 485 g/mol. The van der Waals surface area contributed by atoms with Gasteiger partial charge in [-0.1, -0.05) is 24.3 Å².